The highest BCUT2D eigenvalue weighted by Crippen LogP contribution is 2.18. The molecule has 3 rings (SSSR count). The van der Waals surface area contributed by atoms with E-state index in [1.807, 2.05) is 29.9 Å². The molecule has 0 bridgehead atoms. The minimum absolute atomic E-state index is 0.0172. The summed E-state index contributed by atoms with van der Waals surface area (Å²) < 4.78 is 1.94. The first kappa shape index (κ1) is 14.6. The molecule has 1 aromatic heterocycles. The molecular weight excluding hydrogens is 276 g/mol. The van der Waals surface area contributed by atoms with Crippen LogP contribution in [0.2, 0.25) is 0 Å². The number of hydrogen-bond donors (Lipinski definition) is 1. The Morgan fingerprint density at radius 1 is 1.41 bits per heavy atom. The van der Waals surface area contributed by atoms with Crippen molar-refractivity contribution in [2.45, 2.75) is 32.4 Å². The lowest BCUT2D eigenvalue weighted by Gasteiger charge is -2.27. The maximum atomic E-state index is 12.3. The lowest BCUT2D eigenvalue weighted by atomic mass is 10.2. The van der Waals surface area contributed by atoms with E-state index in [9.17, 15) is 4.79 Å². The van der Waals surface area contributed by atoms with Crippen LogP contribution in [0.25, 0.3) is 0 Å². The van der Waals surface area contributed by atoms with Gasteiger partial charge in [-0.1, -0.05) is 18.2 Å². The van der Waals surface area contributed by atoms with Crippen molar-refractivity contribution in [1.29, 1.82) is 0 Å². The molecule has 1 aliphatic heterocycles. The fourth-order valence-corrected chi connectivity index (χ4v) is 2.84. The molecule has 2 aromatic rings. The molecule has 0 saturated carbocycles. The number of fused-ring (bicyclic) bond motifs is 1. The molecule has 1 atom stereocenters. The summed E-state index contributed by atoms with van der Waals surface area (Å²) in [5.74, 6) is -0.0172. The van der Waals surface area contributed by atoms with Crippen molar-refractivity contribution in [2.24, 2.45) is 0 Å². The van der Waals surface area contributed by atoms with E-state index in [0.29, 0.717) is 6.54 Å². The number of likely N-dealkylation sites (N-methyl/N-ethyl adjacent to an activating group) is 1. The van der Waals surface area contributed by atoms with Crippen LogP contribution in [0.15, 0.2) is 36.5 Å². The van der Waals surface area contributed by atoms with Gasteiger partial charge in [0, 0.05) is 31.9 Å². The number of carbonyl (C=O) groups excluding carboxylic acids is 1. The Bertz CT molecular complexity index is 650. The Balaban J connectivity index is 1.59. The number of para-hydroxylation sites is 1. The highest BCUT2D eigenvalue weighted by molar-refractivity contribution is 5.95. The van der Waals surface area contributed by atoms with E-state index < -0.39 is 0 Å². The van der Waals surface area contributed by atoms with Gasteiger partial charge in [0.25, 0.3) is 5.91 Å². The van der Waals surface area contributed by atoms with Crippen molar-refractivity contribution in [2.75, 3.05) is 18.5 Å². The lowest BCUT2D eigenvalue weighted by Crippen LogP contribution is -2.40. The fourth-order valence-electron chi connectivity index (χ4n) is 2.84. The van der Waals surface area contributed by atoms with Crippen LogP contribution >= 0.6 is 0 Å². The Kier molecular flexibility index (Phi) is 4.13. The standard InChI is InChI=1S/C17H22N4O/c1-13(20(2)14-7-4-3-5-8-14)11-18-17(22)15-12-19-21-10-6-9-16(15)21/h3-5,7-8,12-13H,6,9-11H2,1-2H3,(H,18,22). The Morgan fingerprint density at radius 3 is 2.95 bits per heavy atom. The minimum Gasteiger partial charge on any atom is -0.370 e. The Hall–Kier alpha value is -2.30. The average molecular weight is 298 g/mol. The molecule has 1 aromatic carbocycles. The summed E-state index contributed by atoms with van der Waals surface area (Å²) in [6.45, 7) is 3.64. The van der Waals surface area contributed by atoms with Crippen molar-refractivity contribution in [3.05, 3.63) is 47.8 Å². The van der Waals surface area contributed by atoms with E-state index in [4.69, 9.17) is 0 Å². The van der Waals surface area contributed by atoms with Crippen LogP contribution in [0.1, 0.15) is 29.4 Å². The van der Waals surface area contributed by atoms with Crippen molar-refractivity contribution in [3.8, 4) is 0 Å². The third-order valence-electron chi connectivity index (χ3n) is 4.36. The van der Waals surface area contributed by atoms with E-state index in [0.717, 1.165) is 36.3 Å². The van der Waals surface area contributed by atoms with Crippen LogP contribution in [-0.2, 0) is 13.0 Å². The molecule has 1 N–H and O–H groups in total. The van der Waals surface area contributed by atoms with E-state index >= 15 is 0 Å². The van der Waals surface area contributed by atoms with Crippen molar-refractivity contribution in [1.82, 2.24) is 15.1 Å². The largest absolute Gasteiger partial charge is 0.370 e. The van der Waals surface area contributed by atoms with E-state index in [2.05, 4.69) is 34.4 Å². The smallest absolute Gasteiger partial charge is 0.254 e. The van der Waals surface area contributed by atoms with Gasteiger partial charge < -0.3 is 10.2 Å². The first-order valence-corrected chi connectivity index (χ1v) is 7.77. The predicted octanol–water partition coefficient (Wildman–Crippen LogP) is 2.08. The molecule has 0 fully saturated rings. The zero-order valence-electron chi connectivity index (χ0n) is 13.1. The number of aryl methyl sites for hydroxylation is 1. The van der Waals surface area contributed by atoms with Gasteiger partial charge in [-0.05, 0) is 31.9 Å². The van der Waals surface area contributed by atoms with Gasteiger partial charge in [-0.2, -0.15) is 5.10 Å². The summed E-state index contributed by atoms with van der Waals surface area (Å²) in [4.78, 5) is 14.5. The third kappa shape index (κ3) is 2.84. The molecule has 116 valence electrons. The number of nitrogens with zero attached hydrogens (tertiary/aromatic N) is 3. The van der Waals surface area contributed by atoms with Gasteiger partial charge in [0.05, 0.1) is 17.5 Å². The highest BCUT2D eigenvalue weighted by Gasteiger charge is 2.21. The number of aromatic nitrogens is 2. The number of rotatable bonds is 5. The summed E-state index contributed by atoms with van der Waals surface area (Å²) >= 11 is 0. The topological polar surface area (TPSA) is 50.2 Å². The average Bonchev–Trinajstić information content (AvgIpc) is 3.15. The molecule has 0 spiro atoms. The van der Waals surface area contributed by atoms with Crippen LogP contribution in [0, 0.1) is 0 Å². The summed E-state index contributed by atoms with van der Waals surface area (Å²) in [6, 6.07) is 10.4. The van der Waals surface area contributed by atoms with E-state index in [1.54, 1.807) is 6.20 Å². The maximum absolute atomic E-state index is 12.3. The molecule has 5 heteroatoms. The van der Waals surface area contributed by atoms with Crippen molar-refractivity contribution >= 4 is 11.6 Å². The number of anilines is 1. The predicted molar refractivity (Wildman–Crippen MR) is 87.2 cm³/mol. The zero-order chi connectivity index (χ0) is 15.5. The molecule has 0 radical (unpaired) electrons. The van der Waals surface area contributed by atoms with Crippen molar-refractivity contribution < 1.29 is 4.79 Å². The zero-order valence-corrected chi connectivity index (χ0v) is 13.1. The van der Waals surface area contributed by atoms with Gasteiger partial charge in [-0.15, -0.1) is 0 Å². The maximum Gasteiger partial charge on any atom is 0.254 e. The molecule has 0 aliphatic carbocycles. The fraction of sp³-hybridized carbons (Fsp3) is 0.412. The number of nitrogens with one attached hydrogen (secondary N) is 1. The summed E-state index contributed by atoms with van der Waals surface area (Å²) in [5, 5.41) is 7.30. The van der Waals surface area contributed by atoms with Crippen LogP contribution in [0.3, 0.4) is 0 Å². The summed E-state index contributed by atoms with van der Waals surface area (Å²) in [7, 11) is 2.05. The third-order valence-corrected chi connectivity index (χ3v) is 4.36. The number of hydrogen-bond acceptors (Lipinski definition) is 3. The Labute approximate surface area is 130 Å². The second-order valence-corrected chi connectivity index (χ2v) is 5.84. The molecular formula is C17H22N4O. The van der Waals surface area contributed by atoms with E-state index in [-0.39, 0.29) is 11.9 Å². The van der Waals surface area contributed by atoms with Gasteiger partial charge in [0.15, 0.2) is 0 Å². The van der Waals surface area contributed by atoms with Crippen LogP contribution in [0.4, 0.5) is 5.69 Å². The number of carbonyl (C=O) groups is 1. The highest BCUT2D eigenvalue weighted by atomic mass is 16.1. The van der Waals surface area contributed by atoms with Crippen LogP contribution < -0.4 is 10.2 Å². The monoisotopic (exact) mass is 298 g/mol. The second kappa shape index (κ2) is 6.22. The molecule has 22 heavy (non-hydrogen) atoms. The molecule has 2 heterocycles. The molecule has 1 unspecified atom stereocenters. The van der Waals surface area contributed by atoms with Gasteiger partial charge in [0.1, 0.15) is 0 Å². The first-order valence-electron chi connectivity index (χ1n) is 7.77. The van der Waals surface area contributed by atoms with E-state index in [1.165, 1.54) is 0 Å². The molecule has 1 amide bonds. The van der Waals surface area contributed by atoms with Gasteiger partial charge in [-0.25, -0.2) is 0 Å². The van der Waals surface area contributed by atoms with Crippen molar-refractivity contribution in [3.63, 3.8) is 0 Å². The molecule has 0 saturated heterocycles. The minimum atomic E-state index is -0.0172. The SMILES string of the molecule is CC(CNC(=O)c1cnn2c1CCC2)N(C)c1ccccc1. The van der Waals surface area contributed by atoms with Gasteiger partial charge >= 0.3 is 0 Å². The molecule has 1 aliphatic rings. The first-order chi connectivity index (χ1) is 10.7. The normalized spacial score (nSPS) is 14.5. The Morgan fingerprint density at radius 2 is 2.18 bits per heavy atom. The van der Waals surface area contributed by atoms with Gasteiger partial charge in [-0.3, -0.25) is 9.48 Å². The molecule has 5 nitrogen and oxygen atoms in total. The second-order valence-electron chi connectivity index (χ2n) is 5.84. The lowest BCUT2D eigenvalue weighted by molar-refractivity contribution is 0.0951. The summed E-state index contributed by atoms with van der Waals surface area (Å²) in [6.07, 6.45) is 3.72. The van der Waals surface area contributed by atoms with Gasteiger partial charge in [0.2, 0.25) is 0 Å². The van der Waals surface area contributed by atoms with Crippen LogP contribution in [0.5, 0.6) is 0 Å². The number of amides is 1. The number of benzene rings is 1. The quantitative estimate of drug-likeness (QED) is 0.919. The van der Waals surface area contributed by atoms with Crippen LogP contribution in [-0.4, -0.2) is 35.3 Å². The summed E-state index contributed by atoms with van der Waals surface area (Å²) in [5.41, 5.74) is 2.95.